The van der Waals surface area contributed by atoms with E-state index in [2.05, 4.69) is 25.1 Å². The molecule has 1 aromatic rings. The number of hydrogen-bond donors (Lipinski definition) is 0. The third-order valence-electron chi connectivity index (χ3n) is 3.69. The molecule has 0 N–H and O–H groups in total. The topological polar surface area (TPSA) is 29.5 Å². The Morgan fingerprint density at radius 2 is 2.12 bits per heavy atom. The summed E-state index contributed by atoms with van der Waals surface area (Å²) in [6, 6.07) is 6.34. The van der Waals surface area contributed by atoms with Crippen LogP contribution in [-0.4, -0.2) is 26.2 Å². The standard InChI is InChI=1S/C13H15NO2/c1-13(7-16-8-13)10-3-4-11-9(5-10)6-12(15)14(11)2/h3-5H,6-8H2,1-2H3. The lowest BCUT2D eigenvalue weighted by Crippen LogP contribution is -2.43. The van der Waals surface area contributed by atoms with Gasteiger partial charge in [0.2, 0.25) is 5.91 Å². The Bertz CT molecular complexity index is 463. The number of rotatable bonds is 1. The van der Waals surface area contributed by atoms with Crippen molar-refractivity contribution in [3.8, 4) is 0 Å². The summed E-state index contributed by atoms with van der Waals surface area (Å²) in [6.45, 7) is 3.78. The molecule has 0 unspecified atom stereocenters. The normalized spacial score (nSPS) is 21.9. The minimum atomic E-state index is 0.152. The van der Waals surface area contributed by atoms with Gasteiger partial charge >= 0.3 is 0 Å². The molecule has 0 aliphatic carbocycles. The molecule has 3 rings (SSSR count). The van der Waals surface area contributed by atoms with Crippen molar-refractivity contribution in [3.63, 3.8) is 0 Å². The molecule has 1 amide bonds. The van der Waals surface area contributed by atoms with Gasteiger partial charge in [0.25, 0.3) is 0 Å². The Morgan fingerprint density at radius 3 is 2.75 bits per heavy atom. The number of benzene rings is 1. The SMILES string of the molecule is CN1C(=O)Cc2cc(C3(C)COC3)ccc21. The fourth-order valence-corrected chi connectivity index (χ4v) is 2.42. The first-order valence-corrected chi connectivity index (χ1v) is 5.58. The van der Waals surface area contributed by atoms with Gasteiger partial charge in [0.15, 0.2) is 0 Å². The Balaban J connectivity index is 2.01. The Labute approximate surface area is 95.0 Å². The van der Waals surface area contributed by atoms with E-state index in [-0.39, 0.29) is 11.3 Å². The Hall–Kier alpha value is -1.35. The molecule has 0 aromatic heterocycles. The van der Waals surface area contributed by atoms with Crippen LogP contribution in [0.3, 0.4) is 0 Å². The molecule has 1 saturated heterocycles. The first-order chi connectivity index (χ1) is 7.60. The van der Waals surface area contributed by atoms with Crippen molar-refractivity contribution in [2.45, 2.75) is 18.8 Å². The van der Waals surface area contributed by atoms with Crippen LogP contribution in [-0.2, 0) is 21.4 Å². The molecule has 0 bridgehead atoms. The highest BCUT2D eigenvalue weighted by Gasteiger charge is 2.36. The third kappa shape index (κ3) is 1.21. The second-order valence-corrected chi connectivity index (χ2v) is 5.03. The number of carbonyl (C=O) groups is 1. The maximum Gasteiger partial charge on any atom is 0.231 e. The summed E-state index contributed by atoms with van der Waals surface area (Å²) in [5.41, 5.74) is 3.65. The van der Waals surface area contributed by atoms with Gasteiger partial charge < -0.3 is 9.64 Å². The lowest BCUT2D eigenvalue weighted by atomic mass is 9.80. The molecule has 0 atom stereocenters. The Kier molecular flexibility index (Phi) is 1.89. The van der Waals surface area contributed by atoms with Crippen LogP contribution in [0.1, 0.15) is 18.1 Å². The molecule has 0 saturated carbocycles. The molecule has 1 fully saturated rings. The molecule has 16 heavy (non-hydrogen) atoms. The average molecular weight is 217 g/mol. The van der Waals surface area contributed by atoms with Gasteiger partial charge in [0.05, 0.1) is 19.6 Å². The van der Waals surface area contributed by atoms with Gasteiger partial charge in [-0.3, -0.25) is 4.79 Å². The van der Waals surface area contributed by atoms with E-state index < -0.39 is 0 Å². The van der Waals surface area contributed by atoms with Gasteiger partial charge in [-0.1, -0.05) is 19.1 Å². The van der Waals surface area contributed by atoms with Crippen molar-refractivity contribution in [3.05, 3.63) is 29.3 Å². The highest BCUT2D eigenvalue weighted by atomic mass is 16.5. The van der Waals surface area contributed by atoms with Crippen LogP contribution in [0, 0.1) is 0 Å². The van der Waals surface area contributed by atoms with Gasteiger partial charge in [-0.05, 0) is 17.2 Å². The zero-order valence-corrected chi connectivity index (χ0v) is 9.62. The number of hydrogen-bond acceptors (Lipinski definition) is 2. The quantitative estimate of drug-likeness (QED) is 0.713. The Morgan fingerprint density at radius 1 is 1.38 bits per heavy atom. The molecule has 2 aliphatic rings. The van der Waals surface area contributed by atoms with Crippen LogP contribution in [0.4, 0.5) is 5.69 Å². The highest BCUT2D eigenvalue weighted by molar-refractivity contribution is 6.00. The second kappa shape index (κ2) is 3.08. The summed E-state index contributed by atoms with van der Waals surface area (Å²) < 4.78 is 5.28. The fourth-order valence-electron chi connectivity index (χ4n) is 2.42. The summed E-state index contributed by atoms with van der Waals surface area (Å²) in [7, 11) is 1.84. The summed E-state index contributed by atoms with van der Waals surface area (Å²) in [5, 5.41) is 0. The maximum absolute atomic E-state index is 11.6. The van der Waals surface area contributed by atoms with E-state index in [1.807, 2.05) is 7.05 Å². The molecule has 2 heterocycles. The fraction of sp³-hybridized carbons (Fsp3) is 0.462. The lowest BCUT2D eigenvalue weighted by Gasteiger charge is -2.38. The predicted molar refractivity (Wildman–Crippen MR) is 61.7 cm³/mol. The summed E-state index contributed by atoms with van der Waals surface area (Å²) >= 11 is 0. The number of nitrogens with zero attached hydrogens (tertiary/aromatic N) is 1. The van der Waals surface area contributed by atoms with Crippen LogP contribution in [0.2, 0.25) is 0 Å². The number of carbonyl (C=O) groups excluding carboxylic acids is 1. The van der Waals surface area contributed by atoms with Crippen molar-refractivity contribution in [2.75, 3.05) is 25.2 Å². The van der Waals surface area contributed by atoms with Gasteiger partial charge in [0, 0.05) is 18.2 Å². The number of ether oxygens (including phenoxy) is 1. The zero-order chi connectivity index (χ0) is 11.3. The zero-order valence-electron chi connectivity index (χ0n) is 9.62. The number of anilines is 1. The summed E-state index contributed by atoms with van der Waals surface area (Å²) in [5.74, 6) is 0.183. The second-order valence-electron chi connectivity index (χ2n) is 5.03. The van der Waals surface area contributed by atoms with E-state index in [1.165, 1.54) is 5.56 Å². The number of fused-ring (bicyclic) bond motifs is 1. The van der Waals surface area contributed by atoms with Gasteiger partial charge in [-0.25, -0.2) is 0 Å². The first kappa shape index (κ1) is 9.85. The molecule has 1 aromatic carbocycles. The minimum Gasteiger partial charge on any atom is -0.379 e. The smallest absolute Gasteiger partial charge is 0.231 e. The van der Waals surface area contributed by atoms with Crippen molar-refractivity contribution in [2.24, 2.45) is 0 Å². The number of likely N-dealkylation sites (N-methyl/N-ethyl adjacent to an activating group) is 1. The molecule has 84 valence electrons. The molecular formula is C13H15NO2. The van der Waals surface area contributed by atoms with Gasteiger partial charge in [0.1, 0.15) is 0 Å². The summed E-state index contributed by atoms with van der Waals surface area (Å²) in [6.07, 6.45) is 0.538. The van der Waals surface area contributed by atoms with E-state index in [0.717, 1.165) is 24.5 Å². The molecule has 3 heteroatoms. The van der Waals surface area contributed by atoms with E-state index in [4.69, 9.17) is 4.74 Å². The van der Waals surface area contributed by atoms with Crippen LogP contribution >= 0.6 is 0 Å². The monoisotopic (exact) mass is 217 g/mol. The van der Waals surface area contributed by atoms with E-state index in [0.29, 0.717) is 6.42 Å². The minimum absolute atomic E-state index is 0.152. The van der Waals surface area contributed by atoms with Crippen molar-refractivity contribution >= 4 is 11.6 Å². The molecular weight excluding hydrogens is 202 g/mol. The van der Waals surface area contributed by atoms with E-state index in [9.17, 15) is 4.79 Å². The predicted octanol–water partition coefficient (Wildman–Crippen LogP) is 1.49. The van der Waals surface area contributed by atoms with Crippen LogP contribution in [0.25, 0.3) is 0 Å². The van der Waals surface area contributed by atoms with E-state index >= 15 is 0 Å². The van der Waals surface area contributed by atoms with Crippen molar-refractivity contribution in [1.29, 1.82) is 0 Å². The van der Waals surface area contributed by atoms with Gasteiger partial charge in [-0.15, -0.1) is 0 Å². The maximum atomic E-state index is 11.6. The molecule has 0 radical (unpaired) electrons. The lowest BCUT2D eigenvalue weighted by molar-refractivity contribution is -0.117. The molecule has 0 spiro atoms. The van der Waals surface area contributed by atoms with Gasteiger partial charge in [-0.2, -0.15) is 0 Å². The summed E-state index contributed by atoms with van der Waals surface area (Å²) in [4.78, 5) is 13.3. The first-order valence-electron chi connectivity index (χ1n) is 5.58. The average Bonchev–Trinajstić information content (AvgIpc) is 2.51. The number of amides is 1. The van der Waals surface area contributed by atoms with Crippen LogP contribution in [0.15, 0.2) is 18.2 Å². The third-order valence-corrected chi connectivity index (χ3v) is 3.69. The molecule has 2 aliphatic heterocycles. The van der Waals surface area contributed by atoms with E-state index in [1.54, 1.807) is 4.90 Å². The van der Waals surface area contributed by atoms with Crippen LogP contribution in [0.5, 0.6) is 0 Å². The molecule has 3 nitrogen and oxygen atoms in total. The van der Waals surface area contributed by atoms with Crippen molar-refractivity contribution in [1.82, 2.24) is 0 Å². The largest absolute Gasteiger partial charge is 0.379 e. The van der Waals surface area contributed by atoms with Crippen molar-refractivity contribution < 1.29 is 9.53 Å². The van der Waals surface area contributed by atoms with Crippen LogP contribution < -0.4 is 4.90 Å². The highest BCUT2D eigenvalue weighted by Crippen LogP contribution is 2.36.